The van der Waals surface area contributed by atoms with Crippen molar-refractivity contribution in [2.75, 3.05) is 6.54 Å². The first-order valence-electron chi connectivity index (χ1n) is 10.3. The Morgan fingerprint density at radius 1 is 1.09 bits per heavy atom. The van der Waals surface area contributed by atoms with Crippen molar-refractivity contribution < 1.29 is 22.7 Å². The zero-order chi connectivity index (χ0) is 23.2. The Morgan fingerprint density at radius 2 is 1.94 bits per heavy atom. The fourth-order valence-corrected chi connectivity index (χ4v) is 4.29. The Hall–Kier alpha value is -3.88. The highest BCUT2D eigenvalue weighted by atomic mass is 19.4. The third-order valence-corrected chi connectivity index (χ3v) is 5.68. The maximum Gasteiger partial charge on any atom is 0.573 e. The Balaban J connectivity index is 1.41. The first-order chi connectivity index (χ1) is 15.8. The van der Waals surface area contributed by atoms with Crippen LogP contribution in [0.25, 0.3) is 22.2 Å². The van der Waals surface area contributed by atoms with Crippen molar-refractivity contribution in [3.63, 3.8) is 0 Å². The molecule has 1 aliphatic rings. The van der Waals surface area contributed by atoms with Gasteiger partial charge in [-0.3, -0.25) is 14.5 Å². The first-order valence-corrected chi connectivity index (χ1v) is 10.3. The minimum atomic E-state index is -4.76. The summed E-state index contributed by atoms with van der Waals surface area (Å²) in [5, 5.41) is 5.45. The number of hydrogen-bond acceptors (Lipinski definition) is 4. The molecule has 2 aromatic carbocycles. The summed E-state index contributed by atoms with van der Waals surface area (Å²) in [6.07, 6.45) is -2.51. The third kappa shape index (κ3) is 4.13. The molecule has 0 aliphatic carbocycles. The maximum absolute atomic E-state index is 13.1. The summed E-state index contributed by atoms with van der Waals surface area (Å²) in [7, 11) is 1.74. The van der Waals surface area contributed by atoms with E-state index in [1.54, 1.807) is 35.0 Å². The monoisotopic (exact) mass is 452 g/mol. The average molecular weight is 452 g/mol. The van der Waals surface area contributed by atoms with E-state index in [2.05, 4.69) is 14.8 Å². The summed E-state index contributed by atoms with van der Waals surface area (Å²) in [6.45, 7) is 0.806. The van der Waals surface area contributed by atoms with Gasteiger partial charge in [0.2, 0.25) is 0 Å². The molecule has 0 bridgehead atoms. The summed E-state index contributed by atoms with van der Waals surface area (Å²) in [5.74, 6) is -0.382. The molecule has 168 valence electrons. The lowest BCUT2D eigenvalue weighted by molar-refractivity contribution is -0.274. The van der Waals surface area contributed by atoms with Gasteiger partial charge in [-0.1, -0.05) is 18.2 Å². The topological polar surface area (TPSA) is 60.2 Å². The van der Waals surface area contributed by atoms with Crippen LogP contribution in [0.3, 0.4) is 0 Å². The molecule has 0 saturated carbocycles. The molecule has 6 nitrogen and oxygen atoms in total. The molecule has 1 aliphatic heterocycles. The molecule has 0 unspecified atom stereocenters. The van der Waals surface area contributed by atoms with E-state index in [4.69, 9.17) is 0 Å². The minimum absolute atomic E-state index is 0.0980. The Kier molecular flexibility index (Phi) is 5.03. The number of rotatable bonds is 3. The van der Waals surface area contributed by atoms with Crippen LogP contribution in [0, 0.1) is 0 Å². The molecule has 33 heavy (non-hydrogen) atoms. The zero-order valence-corrected chi connectivity index (χ0v) is 17.6. The van der Waals surface area contributed by atoms with Crippen molar-refractivity contribution in [1.29, 1.82) is 0 Å². The SMILES string of the molecule is Cn1nc2c(c1-c1cccc(OC(F)(F)F)c1)CCN(C(=O)c1ccc3ncccc3c1)C2. The number of aromatic nitrogens is 3. The number of carbonyl (C=O) groups excluding carboxylic acids is 1. The molecule has 0 saturated heterocycles. The number of carbonyl (C=O) groups is 1. The highest BCUT2D eigenvalue weighted by Crippen LogP contribution is 2.33. The van der Waals surface area contributed by atoms with E-state index in [0.717, 1.165) is 27.9 Å². The fraction of sp³-hybridized carbons (Fsp3) is 0.208. The Labute approximate surface area is 187 Å². The number of halogens is 3. The van der Waals surface area contributed by atoms with Gasteiger partial charge in [0, 0.05) is 41.9 Å². The first kappa shape index (κ1) is 21.0. The van der Waals surface area contributed by atoms with Crippen molar-refractivity contribution in [3.8, 4) is 17.0 Å². The summed E-state index contributed by atoms with van der Waals surface area (Å²) in [5.41, 5.74) is 4.36. The van der Waals surface area contributed by atoms with E-state index in [-0.39, 0.29) is 11.7 Å². The van der Waals surface area contributed by atoms with Gasteiger partial charge in [0.05, 0.1) is 23.4 Å². The lowest BCUT2D eigenvalue weighted by atomic mass is 9.99. The van der Waals surface area contributed by atoms with Crippen LogP contribution >= 0.6 is 0 Å². The number of pyridine rings is 1. The molecule has 5 rings (SSSR count). The molecule has 9 heteroatoms. The summed E-state index contributed by atoms with van der Waals surface area (Å²) < 4.78 is 43.6. The summed E-state index contributed by atoms with van der Waals surface area (Å²) in [6, 6.07) is 15.0. The molecule has 4 aromatic rings. The highest BCUT2D eigenvalue weighted by Gasteiger charge is 2.32. The van der Waals surface area contributed by atoms with Crippen LogP contribution in [0.2, 0.25) is 0 Å². The average Bonchev–Trinajstić information content (AvgIpc) is 3.12. The number of benzene rings is 2. The molecular weight excluding hydrogens is 433 g/mol. The number of hydrogen-bond donors (Lipinski definition) is 0. The maximum atomic E-state index is 13.1. The minimum Gasteiger partial charge on any atom is -0.406 e. The smallest absolute Gasteiger partial charge is 0.406 e. The molecule has 0 fully saturated rings. The number of fused-ring (bicyclic) bond motifs is 2. The van der Waals surface area contributed by atoms with Gasteiger partial charge in [0.1, 0.15) is 5.75 Å². The van der Waals surface area contributed by atoms with Crippen LogP contribution < -0.4 is 4.74 Å². The third-order valence-electron chi connectivity index (χ3n) is 5.68. The van der Waals surface area contributed by atoms with Crippen molar-refractivity contribution in [2.45, 2.75) is 19.3 Å². The van der Waals surface area contributed by atoms with Crippen molar-refractivity contribution in [1.82, 2.24) is 19.7 Å². The molecule has 0 spiro atoms. The van der Waals surface area contributed by atoms with E-state index in [0.29, 0.717) is 30.6 Å². The van der Waals surface area contributed by atoms with E-state index < -0.39 is 6.36 Å². The van der Waals surface area contributed by atoms with Crippen LogP contribution in [0.15, 0.2) is 60.8 Å². The molecule has 0 radical (unpaired) electrons. The lowest BCUT2D eigenvalue weighted by Crippen LogP contribution is -2.36. The zero-order valence-electron chi connectivity index (χ0n) is 17.6. The van der Waals surface area contributed by atoms with Gasteiger partial charge in [-0.25, -0.2) is 0 Å². The number of ether oxygens (including phenoxy) is 1. The van der Waals surface area contributed by atoms with Crippen LogP contribution in [0.4, 0.5) is 13.2 Å². The summed E-state index contributed by atoms with van der Waals surface area (Å²) >= 11 is 0. The highest BCUT2D eigenvalue weighted by molar-refractivity contribution is 5.98. The van der Waals surface area contributed by atoms with Gasteiger partial charge >= 0.3 is 6.36 Å². The van der Waals surface area contributed by atoms with Gasteiger partial charge in [0.15, 0.2) is 0 Å². The van der Waals surface area contributed by atoms with Gasteiger partial charge in [-0.2, -0.15) is 5.10 Å². The number of alkyl halides is 3. The normalized spacial score (nSPS) is 13.8. The van der Waals surface area contributed by atoms with Gasteiger partial charge in [-0.05, 0) is 42.8 Å². The van der Waals surface area contributed by atoms with Crippen LogP contribution in [0.5, 0.6) is 5.75 Å². The van der Waals surface area contributed by atoms with Gasteiger partial charge in [-0.15, -0.1) is 13.2 Å². The molecule has 1 amide bonds. The number of amides is 1. The second-order valence-corrected chi connectivity index (χ2v) is 7.86. The number of nitrogens with zero attached hydrogens (tertiary/aromatic N) is 4. The van der Waals surface area contributed by atoms with Gasteiger partial charge in [0.25, 0.3) is 5.91 Å². The van der Waals surface area contributed by atoms with Crippen molar-refractivity contribution in [2.24, 2.45) is 7.05 Å². The largest absolute Gasteiger partial charge is 0.573 e. The fourth-order valence-electron chi connectivity index (χ4n) is 4.29. The number of aryl methyl sites for hydroxylation is 1. The van der Waals surface area contributed by atoms with Crippen LogP contribution in [0.1, 0.15) is 21.6 Å². The Bertz CT molecular complexity index is 1360. The van der Waals surface area contributed by atoms with Crippen molar-refractivity contribution in [3.05, 3.63) is 77.6 Å². The van der Waals surface area contributed by atoms with E-state index in [1.165, 1.54) is 18.2 Å². The van der Waals surface area contributed by atoms with E-state index >= 15 is 0 Å². The molecular formula is C24H19F3N4O2. The lowest BCUT2D eigenvalue weighted by Gasteiger charge is -2.27. The molecule has 0 atom stereocenters. The van der Waals surface area contributed by atoms with Crippen LogP contribution in [-0.2, 0) is 20.0 Å². The van der Waals surface area contributed by atoms with E-state index in [9.17, 15) is 18.0 Å². The quantitative estimate of drug-likeness (QED) is 0.451. The van der Waals surface area contributed by atoms with Crippen molar-refractivity contribution >= 4 is 16.8 Å². The summed E-state index contributed by atoms with van der Waals surface area (Å²) in [4.78, 5) is 19.2. The second kappa shape index (κ2) is 7.91. The molecule has 3 heterocycles. The van der Waals surface area contributed by atoms with Crippen LogP contribution in [-0.4, -0.2) is 38.5 Å². The standard InChI is InChI=1S/C24H19F3N4O2/c1-30-22(16-4-2-6-18(13-16)33-24(25,26)27)19-9-11-31(14-21(19)29-30)23(32)17-7-8-20-15(12-17)5-3-10-28-20/h2-8,10,12-13H,9,11,14H2,1H3. The molecule has 2 aromatic heterocycles. The predicted octanol–water partition coefficient (Wildman–Crippen LogP) is 4.73. The van der Waals surface area contributed by atoms with E-state index in [1.807, 2.05) is 24.3 Å². The molecule has 0 N–H and O–H groups in total. The Morgan fingerprint density at radius 3 is 2.76 bits per heavy atom. The second-order valence-electron chi connectivity index (χ2n) is 7.86. The predicted molar refractivity (Wildman–Crippen MR) is 116 cm³/mol. The van der Waals surface area contributed by atoms with Gasteiger partial charge < -0.3 is 9.64 Å².